The summed E-state index contributed by atoms with van der Waals surface area (Å²) in [4.78, 5) is 3.70. The largest absolute Gasteiger partial charge is 0.315 e. The van der Waals surface area contributed by atoms with Crippen molar-refractivity contribution in [1.29, 1.82) is 0 Å². The molecule has 0 bridgehead atoms. The average Bonchev–Trinajstić information content (AvgIpc) is 3.08. The first-order valence-electron chi connectivity index (χ1n) is 7.42. The Hall–Kier alpha value is -0.470. The molecule has 1 fully saturated rings. The molecule has 0 radical (unpaired) electrons. The third-order valence-electron chi connectivity index (χ3n) is 4.10. The van der Waals surface area contributed by atoms with E-state index in [1.165, 1.54) is 15.6 Å². The van der Waals surface area contributed by atoms with E-state index in [-0.39, 0.29) is 0 Å². The smallest absolute Gasteiger partial charge is 0.244 e. The molecule has 1 N–H and O–H groups in total. The maximum Gasteiger partial charge on any atom is 0.244 e. The lowest BCUT2D eigenvalue weighted by molar-refractivity contribution is 0.237. The van der Waals surface area contributed by atoms with Crippen LogP contribution in [0.25, 0.3) is 0 Å². The molecular weight excluding hydrogens is 306 g/mol. The average molecular weight is 332 g/mol. The molecule has 0 amide bonds. The molecular formula is C14H25N3O2S2. The van der Waals surface area contributed by atoms with Gasteiger partial charge in [-0.25, -0.2) is 8.42 Å². The van der Waals surface area contributed by atoms with Crippen molar-refractivity contribution in [3.63, 3.8) is 0 Å². The van der Waals surface area contributed by atoms with Gasteiger partial charge >= 0.3 is 0 Å². The molecule has 2 heterocycles. The molecule has 7 heteroatoms. The summed E-state index contributed by atoms with van der Waals surface area (Å²) in [5.41, 5.74) is 0. The normalized spacial score (nSPS) is 20.5. The van der Waals surface area contributed by atoms with Crippen LogP contribution in [0.1, 0.15) is 24.6 Å². The van der Waals surface area contributed by atoms with Crippen molar-refractivity contribution in [3.8, 4) is 0 Å². The van der Waals surface area contributed by atoms with Crippen molar-refractivity contribution >= 4 is 21.4 Å². The number of hydrogen-bond acceptors (Lipinski definition) is 5. The van der Waals surface area contributed by atoms with E-state index < -0.39 is 10.0 Å². The number of hydrogen-bond donors (Lipinski definition) is 1. The van der Waals surface area contributed by atoms with E-state index in [0.717, 1.165) is 30.8 Å². The Balaban J connectivity index is 2.13. The van der Waals surface area contributed by atoms with Gasteiger partial charge in [0.25, 0.3) is 0 Å². The lowest BCUT2D eigenvalue weighted by Crippen LogP contribution is -2.41. The predicted octanol–water partition coefficient (Wildman–Crippen LogP) is 1.57. The Morgan fingerprint density at radius 2 is 2.29 bits per heavy atom. The molecule has 1 aliphatic heterocycles. The number of nitrogens with zero attached hydrogens (tertiary/aromatic N) is 2. The maximum atomic E-state index is 12.8. The molecule has 2 rings (SSSR count). The summed E-state index contributed by atoms with van der Waals surface area (Å²) in [7, 11) is 0.137. The van der Waals surface area contributed by atoms with Gasteiger partial charge in [-0.05, 0) is 44.4 Å². The standard InChI is InChI=1S/C14H25N3O2S2/c1-4-17-8-5-6-12(17)11-16(3)21(18,19)14-7-9-20-13(14)10-15-2/h7,9,12,15H,4-6,8,10-11H2,1-3H3. The van der Waals surface area contributed by atoms with Gasteiger partial charge in [0.15, 0.2) is 0 Å². The molecule has 5 nitrogen and oxygen atoms in total. The summed E-state index contributed by atoms with van der Waals surface area (Å²) in [6, 6.07) is 2.07. The van der Waals surface area contributed by atoms with E-state index in [2.05, 4.69) is 17.1 Å². The molecule has 120 valence electrons. The molecule has 0 aliphatic carbocycles. The van der Waals surface area contributed by atoms with E-state index >= 15 is 0 Å². The van der Waals surface area contributed by atoms with Crippen molar-refractivity contribution in [3.05, 3.63) is 16.3 Å². The number of rotatable bonds is 7. The Labute approximate surface area is 132 Å². The highest BCUT2D eigenvalue weighted by molar-refractivity contribution is 7.89. The van der Waals surface area contributed by atoms with Gasteiger partial charge in [-0.15, -0.1) is 11.3 Å². The van der Waals surface area contributed by atoms with Gasteiger partial charge in [-0.1, -0.05) is 6.92 Å². The van der Waals surface area contributed by atoms with Crippen molar-refractivity contribution in [2.24, 2.45) is 0 Å². The highest BCUT2D eigenvalue weighted by Gasteiger charge is 2.30. The summed E-state index contributed by atoms with van der Waals surface area (Å²) >= 11 is 1.49. The van der Waals surface area contributed by atoms with Crippen LogP contribution in [0.5, 0.6) is 0 Å². The van der Waals surface area contributed by atoms with Gasteiger partial charge in [0.1, 0.15) is 0 Å². The van der Waals surface area contributed by atoms with Crippen LogP contribution in [-0.4, -0.2) is 57.4 Å². The minimum Gasteiger partial charge on any atom is -0.315 e. The summed E-state index contributed by atoms with van der Waals surface area (Å²) < 4.78 is 27.0. The van der Waals surface area contributed by atoms with Gasteiger partial charge in [-0.2, -0.15) is 4.31 Å². The van der Waals surface area contributed by atoms with Gasteiger partial charge in [0.2, 0.25) is 10.0 Å². The molecule has 1 atom stereocenters. The van der Waals surface area contributed by atoms with E-state index in [4.69, 9.17) is 0 Å². The molecule has 1 unspecified atom stereocenters. The Morgan fingerprint density at radius 1 is 1.52 bits per heavy atom. The maximum absolute atomic E-state index is 12.8. The second-order valence-corrected chi connectivity index (χ2v) is 8.46. The van der Waals surface area contributed by atoms with Crippen LogP contribution >= 0.6 is 11.3 Å². The van der Waals surface area contributed by atoms with Gasteiger partial charge < -0.3 is 5.32 Å². The fourth-order valence-electron chi connectivity index (χ4n) is 2.93. The Morgan fingerprint density at radius 3 is 2.95 bits per heavy atom. The van der Waals surface area contributed by atoms with Crippen molar-refractivity contribution < 1.29 is 8.42 Å². The third kappa shape index (κ3) is 3.65. The van der Waals surface area contributed by atoms with Crippen molar-refractivity contribution in [2.45, 2.75) is 37.2 Å². The minimum atomic E-state index is -3.39. The van der Waals surface area contributed by atoms with Gasteiger partial charge in [0, 0.05) is 31.1 Å². The summed E-state index contributed by atoms with van der Waals surface area (Å²) in [5.74, 6) is 0. The lowest BCUT2D eigenvalue weighted by atomic mass is 10.2. The third-order valence-corrected chi connectivity index (χ3v) is 7.06. The second-order valence-electron chi connectivity index (χ2n) is 5.45. The van der Waals surface area contributed by atoms with Crippen LogP contribution < -0.4 is 5.32 Å². The Bertz CT molecular complexity index is 556. The van der Waals surface area contributed by atoms with Crippen LogP contribution in [0, 0.1) is 0 Å². The first-order valence-corrected chi connectivity index (χ1v) is 9.74. The second kappa shape index (κ2) is 7.19. The van der Waals surface area contributed by atoms with Crippen LogP contribution in [-0.2, 0) is 16.6 Å². The molecule has 1 aromatic rings. The highest BCUT2D eigenvalue weighted by Crippen LogP contribution is 2.26. The van der Waals surface area contributed by atoms with Crippen molar-refractivity contribution in [1.82, 2.24) is 14.5 Å². The molecule has 1 saturated heterocycles. The predicted molar refractivity (Wildman–Crippen MR) is 87.2 cm³/mol. The van der Waals surface area contributed by atoms with Crippen LogP contribution in [0.4, 0.5) is 0 Å². The molecule has 1 aliphatic rings. The first-order chi connectivity index (χ1) is 10.0. The molecule has 21 heavy (non-hydrogen) atoms. The number of likely N-dealkylation sites (tertiary alicyclic amines) is 1. The van der Waals surface area contributed by atoms with Gasteiger partial charge in [-0.3, -0.25) is 4.90 Å². The highest BCUT2D eigenvalue weighted by atomic mass is 32.2. The fourth-order valence-corrected chi connectivity index (χ4v) is 5.56. The number of thiophene rings is 1. The van der Waals surface area contributed by atoms with Crippen LogP contribution in [0.3, 0.4) is 0 Å². The van der Waals surface area contributed by atoms with E-state index in [9.17, 15) is 8.42 Å². The molecule has 0 spiro atoms. The lowest BCUT2D eigenvalue weighted by Gasteiger charge is -2.27. The van der Waals surface area contributed by atoms with Gasteiger partial charge in [0.05, 0.1) is 4.90 Å². The van der Waals surface area contributed by atoms with E-state index in [1.54, 1.807) is 13.1 Å². The van der Waals surface area contributed by atoms with Crippen LogP contribution in [0.15, 0.2) is 16.3 Å². The molecule has 1 aromatic heterocycles. The molecule has 0 aromatic carbocycles. The van der Waals surface area contributed by atoms with Crippen LogP contribution in [0.2, 0.25) is 0 Å². The zero-order valence-corrected chi connectivity index (χ0v) is 14.6. The van der Waals surface area contributed by atoms with E-state index in [0.29, 0.717) is 24.0 Å². The monoisotopic (exact) mass is 331 g/mol. The quantitative estimate of drug-likeness (QED) is 0.824. The summed E-state index contributed by atoms with van der Waals surface area (Å²) in [6.07, 6.45) is 2.25. The Kier molecular flexibility index (Phi) is 5.79. The number of nitrogens with one attached hydrogen (secondary N) is 1. The number of sulfonamides is 1. The zero-order valence-electron chi connectivity index (χ0n) is 13.0. The fraction of sp³-hybridized carbons (Fsp3) is 0.714. The number of likely N-dealkylation sites (N-methyl/N-ethyl adjacent to an activating group) is 2. The SMILES string of the molecule is CCN1CCCC1CN(C)S(=O)(=O)c1ccsc1CNC. The topological polar surface area (TPSA) is 52.7 Å². The van der Waals surface area contributed by atoms with Crippen molar-refractivity contribution in [2.75, 3.05) is 33.7 Å². The van der Waals surface area contributed by atoms with E-state index in [1.807, 2.05) is 12.4 Å². The zero-order chi connectivity index (χ0) is 15.5. The first kappa shape index (κ1) is 16.9. The minimum absolute atomic E-state index is 0.348. The summed E-state index contributed by atoms with van der Waals surface area (Å²) in [5, 5.41) is 4.88. The molecule has 0 saturated carbocycles. The summed E-state index contributed by atoms with van der Waals surface area (Å²) in [6.45, 7) is 5.37.